The zero-order chi connectivity index (χ0) is 28.4. The molecule has 0 amide bonds. The molecule has 3 heterocycles. The Labute approximate surface area is 238 Å². The molecular weight excluding hydrogens is 512 g/mol. The Morgan fingerprint density at radius 1 is 0.878 bits per heavy atom. The average Bonchev–Trinajstić information content (AvgIpc) is 3.31. The van der Waals surface area contributed by atoms with E-state index in [1.54, 1.807) is 20.0 Å². The topological polar surface area (TPSA) is 90.1 Å². The van der Waals surface area contributed by atoms with E-state index in [0.29, 0.717) is 25.3 Å². The number of hydrogen-bond acceptors (Lipinski definition) is 5. The van der Waals surface area contributed by atoms with Crippen LogP contribution < -0.4 is 4.74 Å². The van der Waals surface area contributed by atoms with Gasteiger partial charge in [-0.05, 0) is 55.8 Å². The number of hydrogen-bond donors (Lipinski definition) is 1. The van der Waals surface area contributed by atoms with E-state index in [1.807, 2.05) is 72.8 Å². The Bertz CT molecular complexity index is 1840. The van der Waals surface area contributed by atoms with E-state index in [4.69, 9.17) is 14.7 Å². The molecule has 6 rings (SSSR count). The van der Waals surface area contributed by atoms with Gasteiger partial charge in [-0.2, -0.15) is 0 Å². The maximum absolute atomic E-state index is 12.0. The highest BCUT2D eigenvalue weighted by Crippen LogP contribution is 2.29. The second-order valence-electron chi connectivity index (χ2n) is 10.8. The molecule has 0 radical (unpaired) electrons. The Morgan fingerprint density at radius 2 is 1.68 bits per heavy atom. The molecule has 0 aliphatic rings. The number of para-hydroxylation sites is 1. The molecule has 1 N–H and O–H groups in total. The van der Waals surface area contributed by atoms with Gasteiger partial charge in [0.25, 0.3) is 0 Å². The van der Waals surface area contributed by atoms with Crippen LogP contribution in [0.15, 0.2) is 103 Å². The van der Waals surface area contributed by atoms with Crippen molar-refractivity contribution in [1.29, 1.82) is 0 Å². The number of carboxylic acids is 1. The fourth-order valence-corrected chi connectivity index (χ4v) is 4.87. The average molecular weight is 543 g/mol. The minimum Gasteiger partial charge on any atom is -0.487 e. The lowest BCUT2D eigenvalue weighted by Gasteiger charge is -2.19. The minimum absolute atomic E-state index is 0.292. The second-order valence-corrected chi connectivity index (χ2v) is 10.8. The Morgan fingerprint density at radius 3 is 2.46 bits per heavy atom. The molecule has 0 bridgehead atoms. The monoisotopic (exact) mass is 542 g/mol. The first-order valence-corrected chi connectivity index (χ1v) is 13.6. The first-order valence-electron chi connectivity index (χ1n) is 13.6. The van der Waals surface area contributed by atoms with E-state index < -0.39 is 11.4 Å². The Hall–Kier alpha value is -5.04. The third kappa shape index (κ3) is 5.65. The number of fused-ring (bicyclic) bond motifs is 2. The van der Waals surface area contributed by atoms with Crippen LogP contribution in [0.4, 0.5) is 0 Å². The summed E-state index contributed by atoms with van der Waals surface area (Å²) in [5.41, 5.74) is 5.53. The Kier molecular flexibility index (Phi) is 6.93. The number of aromatic nitrogens is 4. The molecule has 204 valence electrons. The van der Waals surface area contributed by atoms with E-state index >= 15 is 0 Å². The molecule has 0 spiro atoms. The number of rotatable bonds is 9. The summed E-state index contributed by atoms with van der Waals surface area (Å²) in [6.07, 6.45) is 2.08. The van der Waals surface area contributed by atoms with E-state index in [1.165, 1.54) is 0 Å². The summed E-state index contributed by atoms with van der Waals surface area (Å²) in [5, 5.41) is 10.9. The van der Waals surface area contributed by atoms with Crippen LogP contribution in [0.1, 0.15) is 30.9 Å². The van der Waals surface area contributed by atoms with Crippen molar-refractivity contribution in [2.24, 2.45) is 5.41 Å². The molecule has 0 unspecified atom stereocenters. The van der Waals surface area contributed by atoms with Crippen molar-refractivity contribution in [2.45, 2.75) is 33.4 Å². The van der Waals surface area contributed by atoms with Crippen LogP contribution in [0, 0.1) is 5.41 Å². The highest BCUT2D eigenvalue weighted by atomic mass is 16.5. The van der Waals surface area contributed by atoms with Crippen molar-refractivity contribution in [3.63, 3.8) is 0 Å². The molecule has 3 aromatic carbocycles. The summed E-state index contributed by atoms with van der Waals surface area (Å²) in [7, 11) is 0. The second kappa shape index (κ2) is 10.8. The number of benzene rings is 3. The fraction of sp³-hybridized carbons (Fsp3) is 0.176. The molecule has 0 atom stereocenters. The fourth-order valence-electron chi connectivity index (χ4n) is 4.87. The third-order valence-corrected chi connectivity index (χ3v) is 7.28. The van der Waals surface area contributed by atoms with Gasteiger partial charge in [-0.25, -0.2) is 9.97 Å². The van der Waals surface area contributed by atoms with Crippen LogP contribution in [0.2, 0.25) is 0 Å². The van der Waals surface area contributed by atoms with Crippen molar-refractivity contribution in [2.75, 3.05) is 0 Å². The number of imidazole rings is 1. The summed E-state index contributed by atoms with van der Waals surface area (Å²) in [4.78, 5) is 26.0. The number of pyridine rings is 2. The van der Waals surface area contributed by atoms with E-state index in [-0.39, 0.29) is 0 Å². The van der Waals surface area contributed by atoms with Crippen LogP contribution >= 0.6 is 0 Å². The summed E-state index contributed by atoms with van der Waals surface area (Å²) >= 11 is 0. The minimum atomic E-state index is -0.969. The summed E-state index contributed by atoms with van der Waals surface area (Å²) in [6.45, 7) is 4.35. The number of ether oxygens (including phenoxy) is 1. The highest BCUT2D eigenvalue weighted by molar-refractivity contribution is 5.79. The molecule has 41 heavy (non-hydrogen) atoms. The lowest BCUT2D eigenvalue weighted by Crippen LogP contribution is -2.27. The van der Waals surface area contributed by atoms with Gasteiger partial charge in [-0.3, -0.25) is 9.78 Å². The molecule has 0 fully saturated rings. The lowest BCUT2D eigenvalue weighted by atomic mass is 9.89. The van der Waals surface area contributed by atoms with Crippen molar-refractivity contribution >= 4 is 27.9 Å². The van der Waals surface area contributed by atoms with Gasteiger partial charge in [0.2, 0.25) is 0 Å². The maximum atomic E-state index is 12.0. The molecule has 3 aromatic heterocycles. The lowest BCUT2D eigenvalue weighted by molar-refractivity contribution is -0.146. The first kappa shape index (κ1) is 26.2. The molecule has 6 aromatic rings. The number of aliphatic carboxylic acids is 1. The van der Waals surface area contributed by atoms with Gasteiger partial charge >= 0.3 is 5.97 Å². The predicted molar refractivity (Wildman–Crippen MR) is 160 cm³/mol. The molecule has 0 aliphatic carbocycles. The van der Waals surface area contributed by atoms with Crippen LogP contribution in [0.5, 0.6) is 5.75 Å². The first-order chi connectivity index (χ1) is 19.9. The van der Waals surface area contributed by atoms with Gasteiger partial charge in [0.15, 0.2) is 0 Å². The number of carbonyl (C=O) groups is 1. The standard InChI is InChI=1S/C34H30N4O3/c1-34(2,33(39)40)20-32-37-30-19-27(41-22-26-15-14-24-7-3-4-9-29(24)36-26)16-17-31(30)38(32)21-23-10-12-25(13-11-23)28-8-5-6-18-35-28/h3-19H,20-22H2,1-2H3,(H,39,40). The van der Waals surface area contributed by atoms with Crippen LogP contribution in [-0.2, 0) is 24.4 Å². The van der Waals surface area contributed by atoms with Gasteiger partial charge in [0.05, 0.1) is 33.4 Å². The van der Waals surface area contributed by atoms with Crippen molar-refractivity contribution in [3.8, 4) is 17.0 Å². The van der Waals surface area contributed by atoms with E-state index in [2.05, 4.69) is 33.8 Å². The van der Waals surface area contributed by atoms with Gasteiger partial charge < -0.3 is 14.4 Å². The molecule has 0 saturated carbocycles. The van der Waals surface area contributed by atoms with E-state index in [0.717, 1.165) is 50.3 Å². The largest absolute Gasteiger partial charge is 0.487 e. The van der Waals surface area contributed by atoms with Gasteiger partial charge in [-0.1, -0.05) is 54.6 Å². The molecular formula is C34H30N4O3. The molecule has 0 aliphatic heterocycles. The van der Waals surface area contributed by atoms with Crippen LogP contribution in [0.25, 0.3) is 33.2 Å². The van der Waals surface area contributed by atoms with Crippen LogP contribution in [0.3, 0.4) is 0 Å². The molecule has 7 heteroatoms. The quantitative estimate of drug-likeness (QED) is 0.213. The smallest absolute Gasteiger partial charge is 0.309 e. The maximum Gasteiger partial charge on any atom is 0.309 e. The highest BCUT2D eigenvalue weighted by Gasteiger charge is 2.30. The summed E-state index contributed by atoms with van der Waals surface area (Å²) < 4.78 is 8.20. The number of nitrogens with zero attached hydrogens (tertiary/aromatic N) is 4. The summed E-state index contributed by atoms with van der Waals surface area (Å²) in [6, 6.07) is 32.0. The zero-order valence-electron chi connectivity index (χ0n) is 23.0. The molecule has 0 saturated heterocycles. The third-order valence-electron chi connectivity index (χ3n) is 7.28. The normalized spacial score (nSPS) is 11.7. The van der Waals surface area contributed by atoms with Crippen molar-refractivity contribution in [3.05, 3.63) is 120 Å². The Balaban J connectivity index is 1.28. The number of carboxylic acid groups (broad SMARTS) is 1. The summed E-state index contributed by atoms with van der Waals surface area (Å²) in [5.74, 6) is 0.540. The van der Waals surface area contributed by atoms with Gasteiger partial charge in [-0.15, -0.1) is 0 Å². The van der Waals surface area contributed by atoms with Gasteiger partial charge in [0.1, 0.15) is 18.2 Å². The zero-order valence-corrected chi connectivity index (χ0v) is 23.0. The SMILES string of the molecule is CC(C)(Cc1nc2cc(OCc3ccc4ccccc4n3)ccc2n1Cc1ccc(-c2ccccn2)cc1)C(=O)O. The van der Waals surface area contributed by atoms with Crippen molar-refractivity contribution in [1.82, 2.24) is 19.5 Å². The predicted octanol–water partition coefficient (Wildman–Crippen LogP) is 6.93. The van der Waals surface area contributed by atoms with Gasteiger partial charge in [0, 0.05) is 36.2 Å². The van der Waals surface area contributed by atoms with E-state index in [9.17, 15) is 9.90 Å². The van der Waals surface area contributed by atoms with Crippen molar-refractivity contribution < 1.29 is 14.6 Å². The molecule has 7 nitrogen and oxygen atoms in total. The van der Waals surface area contributed by atoms with Crippen LogP contribution in [-0.4, -0.2) is 30.6 Å².